The standard InChI is InChI=1S/C14H20O3/c1-2-12(15)6-4-11-5-7-13-14(10-11)17-9-3-8-16-13/h5,7,10,12,15H,2-4,6,8-9H2,1H3. The van der Waals surface area contributed by atoms with E-state index in [4.69, 9.17) is 9.47 Å². The molecule has 0 amide bonds. The summed E-state index contributed by atoms with van der Waals surface area (Å²) in [6.07, 6.45) is 3.22. The summed E-state index contributed by atoms with van der Waals surface area (Å²) in [5.41, 5.74) is 1.20. The highest BCUT2D eigenvalue weighted by molar-refractivity contribution is 5.43. The Morgan fingerprint density at radius 2 is 2.00 bits per heavy atom. The van der Waals surface area contributed by atoms with Crippen molar-refractivity contribution in [1.82, 2.24) is 0 Å². The Kier molecular flexibility index (Phi) is 4.26. The zero-order valence-corrected chi connectivity index (χ0v) is 10.3. The summed E-state index contributed by atoms with van der Waals surface area (Å²) in [4.78, 5) is 0. The molecule has 0 saturated heterocycles. The fourth-order valence-electron chi connectivity index (χ4n) is 1.90. The van der Waals surface area contributed by atoms with E-state index in [1.165, 1.54) is 5.56 Å². The second-order valence-corrected chi connectivity index (χ2v) is 4.43. The normalized spacial score (nSPS) is 16.4. The van der Waals surface area contributed by atoms with E-state index in [1.807, 2.05) is 19.1 Å². The van der Waals surface area contributed by atoms with E-state index in [0.29, 0.717) is 6.61 Å². The van der Waals surface area contributed by atoms with Crippen LogP contribution in [-0.2, 0) is 6.42 Å². The van der Waals surface area contributed by atoms with Crippen LogP contribution in [0.5, 0.6) is 11.5 Å². The lowest BCUT2D eigenvalue weighted by molar-refractivity contribution is 0.160. The number of aliphatic hydroxyl groups is 1. The Balaban J connectivity index is 2.02. The predicted molar refractivity (Wildman–Crippen MR) is 66.7 cm³/mol. The minimum absolute atomic E-state index is 0.203. The lowest BCUT2D eigenvalue weighted by Crippen LogP contribution is -2.05. The molecule has 0 aromatic heterocycles. The minimum atomic E-state index is -0.203. The van der Waals surface area contributed by atoms with Gasteiger partial charge >= 0.3 is 0 Å². The third kappa shape index (κ3) is 3.37. The number of benzene rings is 1. The summed E-state index contributed by atoms with van der Waals surface area (Å²) in [5, 5.41) is 9.55. The molecule has 0 fully saturated rings. The van der Waals surface area contributed by atoms with Crippen LogP contribution in [0.2, 0.25) is 0 Å². The molecule has 0 radical (unpaired) electrons. The van der Waals surface area contributed by atoms with Gasteiger partial charge < -0.3 is 14.6 Å². The average Bonchev–Trinajstić information content (AvgIpc) is 2.60. The number of rotatable bonds is 4. The Hall–Kier alpha value is -1.22. The molecule has 1 heterocycles. The first-order valence-electron chi connectivity index (χ1n) is 6.36. The molecule has 0 saturated carbocycles. The number of hydrogen-bond acceptors (Lipinski definition) is 3. The molecule has 1 N–H and O–H groups in total. The van der Waals surface area contributed by atoms with Crippen molar-refractivity contribution in [3.05, 3.63) is 23.8 Å². The quantitative estimate of drug-likeness (QED) is 0.873. The SMILES string of the molecule is CCC(O)CCc1ccc2c(c1)OCCCO2. The van der Waals surface area contributed by atoms with E-state index in [0.717, 1.165) is 43.8 Å². The van der Waals surface area contributed by atoms with Gasteiger partial charge in [0.1, 0.15) is 0 Å². The molecule has 1 aromatic rings. The molecular weight excluding hydrogens is 216 g/mol. The summed E-state index contributed by atoms with van der Waals surface area (Å²) in [6.45, 7) is 3.44. The zero-order chi connectivity index (χ0) is 12.1. The van der Waals surface area contributed by atoms with E-state index < -0.39 is 0 Å². The molecule has 1 atom stereocenters. The molecule has 17 heavy (non-hydrogen) atoms. The van der Waals surface area contributed by atoms with Crippen LogP contribution in [0.3, 0.4) is 0 Å². The second kappa shape index (κ2) is 5.92. The maximum atomic E-state index is 9.55. The topological polar surface area (TPSA) is 38.7 Å². The van der Waals surface area contributed by atoms with Crippen molar-refractivity contribution in [3.8, 4) is 11.5 Å². The lowest BCUT2D eigenvalue weighted by atomic mass is 10.1. The molecule has 1 aromatic carbocycles. The first kappa shape index (κ1) is 12.2. The molecule has 0 spiro atoms. The van der Waals surface area contributed by atoms with Crippen molar-refractivity contribution < 1.29 is 14.6 Å². The molecule has 0 aliphatic carbocycles. The van der Waals surface area contributed by atoms with Crippen molar-refractivity contribution in [2.24, 2.45) is 0 Å². The number of aryl methyl sites for hydroxylation is 1. The van der Waals surface area contributed by atoms with E-state index in [2.05, 4.69) is 6.07 Å². The van der Waals surface area contributed by atoms with Gasteiger partial charge in [0.25, 0.3) is 0 Å². The summed E-state index contributed by atoms with van der Waals surface area (Å²) in [6, 6.07) is 6.05. The number of ether oxygens (including phenoxy) is 2. The molecular formula is C14H20O3. The smallest absolute Gasteiger partial charge is 0.161 e. The van der Waals surface area contributed by atoms with Crippen molar-refractivity contribution in [2.45, 2.75) is 38.7 Å². The highest BCUT2D eigenvalue weighted by Crippen LogP contribution is 2.30. The van der Waals surface area contributed by atoms with Gasteiger partial charge in [0.2, 0.25) is 0 Å². The Morgan fingerprint density at radius 1 is 1.24 bits per heavy atom. The van der Waals surface area contributed by atoms with Gasteiger partial charge in [0.05, 0.1) is 19.3 Å². The number of hydrogen-bond donors (Lipinski definition) is 1. The largest absolute Gasteiger partial charge is 0.490 e. The van der Waals surface area contributed by atoms with Crippen LogP contribution in [-0.4, -0.2) is 24.4 Å². The van der Waals surface area contributed by atoms with Gasteiger partial charge in [0.15, 0.2) is 11.5 Å². The summed E-state index contributed by atoms with van der Waals surface area (Å²) >= 11 is 0. The van der Waals surface area contributed by atoms with Crippen molar-refractivity contribution >= 4 is 0 Å². The molecule has 1 aliphatic rings. The first-order valence-corrected chi connectivity index (χ1v) is 6.36. The third-order valence-corrected chi connectivity index (χ3v) is 3.05. The van der Waals surface area contributed by atoms with E-state index >= 15 is 0 Å². The van der Waals surface area contributed by atoms with Crippen LogP contribution in [0.4, 0.5) is 0 Å². The minimum Gasteiger partial charge on any atom is -0.490 e. The van der Waals surface area contributed by atoms with Gasteiger partial charge in [-0.15, -0.1) is 0 Å². The Labute approximate surface area is 102 Å². The second-order valence-electron chi connectivity index (χ2n) is 4.43. The van der Waals surface area contributed by atoms with Gasteiger partial charge in [-0.1, -0.05) is 13.0 Å². The van der Waals surface area contributed by atoms with Crippen LogP contribution in [0.1, 0.15) is 31.7 Å². The van der Waals surface area contributed by atoms with Gasteiger partial charge in [-0.2, -0.15) is 0 Å². The van der Waals surface area contributed by atoms with Gasteiger partial charge in [-0.05, 0) is 37.0 Å². The third-order valence-electron chi connectivity index (χ3n) is 3.05. The van der Waals surface area contributed by atoms with Crippen LogP contribution in [0.25, 0.3) is 0 Å². The van der Waals surface area contributed by atoms with E-state index in [1.54, 1.807) is 0 Å². The summed E-state index contributed by atoms with van der Waals surface area (Å²) in [7, 11) is 0. The highest BCUT2D eigenvalue weighted by Gasteiger charge is 2.11. The van der Waals surface area contributed by atoms with Gasteiger partial charge in [0, 0.05) is 6.42 Å². The predicted octanol–water partition coefficient (Wildman–Crippen LogP) is 2.55. The maximum absolute atomic E-state index is 9.55. The first-order chi connectivity index (χ1) is 8.29. The average molecular weight is 236 g/mol. The van der Waals surface area contributed by atoms with Gasteiger partial charge in [-0.3, -0.25) is 0 Å². The molecule has 1 aliphatic heterocycles. The molecule has 2 rings (SSSR count). The lowest BCUT2D eigenvalue weighted by Gasteiger charge is -2.11. The van der Waals surface area contributed by atoms with Crippen LogP contribution in [0.15, 0.2) is 18.2 Å². The molecule has 0 bridgehead atoms. The monoisotopic (exact) mass is 236 g/mol. The van der Waals surface area contributed by atoms with Crippen molar-refractivity contribution in [2.75, 3.05) is 13.2 Å². The number of aliphatic hydroxyl groups excluding tert-OH is 1. The van der Waals surface area contributed by atoms with Crippen LogP contribution >= 0.6 is 0 Å². The maximum Gasteiger partial charge on any atom is 0.161 e. The Morgan fingerprint density at radius 3 is 2.76 bits per heavy atom. The number of fused-ring (bicyclic) bond motifs is 1. The zero-order valence-electron chi connectivity index (χ0n) is 10.3. The Bertz CT molecular complexity index is 362. The summed E-state index contributed by atoms with van der Waals surface area (Å²) < 4.78 is 11.2. The van der Waals surface area contributed by atoms with E-state index in [-0.39, 0.29) is 6.10 Å². The fourth-order valence-corrected chi connectivity index (χ4v) is 1.90. The fraction of sp³-hybridized carbons (Fsp3) is 0.571. The molecule has 1 unspecified atom stereocenters. The van der Waals surface area contributed by atoms with Crippen LogP contribution in [0, 0.1) is 0 Å². The van der Waals surface area contributed by atoms with Crippen molar-refractivity contribution in [3.63, 3.8) is 0 Å². The highest BCUT2D eigenvalue weighted by atomic mass is 16.5. The molecule has 94 valence electrons. The molecule has 3 nitrogen and oxygen atoms in total. The van der Waals surface area contributed by atoms with E-state index in [9.17, 15) is 5.11 Å². The summed E-state index contributed by atoms with van der Waals surface area (Å²) in [5.74, 6) is 1.67. The molecule has 3 heteroatoms. The van der Waals surface area contributed by atoms with Gasteiger partial charge in [-0.25, -0.2) is 0 Å². The van der Waals surface area contributed by atoms with Crippen molar-refractivity contribution in [1.29, 1.82) is 0 Å². The van der Waals surface area contributed by atoms with Crippen LogP contribution < -0.4 is 9.47 Å².